The number of nitrogens with zero attached hydrogens (tertiary/aromatic N) is 1. The Bertz CT molecular complexity index is 554. The van der Waals surface area contributed by atoms with E-state index in [4.69, 9.17) is 5.11 Å². The van der Waals surface area contributed by atoms with E-state index in [-0.39, 0.29) is 17.4 Å². The van der Waals surface area contributed by atoms with Crippen LogP contribution in [-0.4, -0.2) is 36.0 Å². The Kier molecular flexibility index (Phi) is 5.46. The molecule has 0 fully saturated rings. The van der Waals surface area contributed by atoms with Gasteiger partial charge in [0.2, 0.25) is 5.91 Å². The molecular formula is C15H20N2O4. The zero-order chi connectivity index (χ0) is 16.2. The Labute approximate surface area is 123 Å². The van der Waals surface area contributed by atoms with Crippen LogP contribution in [0.2, 0.25) is 0 Å². The summed E-state index contributed by atoms with van der Waals surface area (Å²) in [7, 11) is 1.56. The minimum atomic E-state index is -1.09. The molecule has 0 spiro atoms. The molecule has 6 nitrogen and oxygen atoms in total. The number of aliphatic carboxylic acids is 1. The maximum atomic E-state index is 12.3. The zero-order valence-corrected chi connectivity index (χ0v) is 12.6. The molecule has 0 saturated heterocycles. The number of carbonyl (C=O) groups is 3. The van der Waals surface area contributed by atoms with Crippen molar-refractivity contribution in [1.29, 1.82) is 0 Å². The highest BCUT2D eigenvalue weighted by Crippen LogP contribution is 2.19. The van der Waals surface area contributed by atoms with Gasteiger partial charge in [0.15, 0.2) is 0 Å². The van der Waals surface area contributed by atoms with Gasteiger partial charge in [-0.2, -0.15) is 0 Å². The molecular weight excluding hydrogens is 272 g/mol. The third-order valence-corrected chi connectivity index (χ3v) is 3.20. The Morgan fingerprint density at radius 1 is 1.19 bits per heavy atom. The third kappa shape index (κ3) is 4.05. The highest BCUT2D eigenvalue weighted by atomic mass is 16.4. The molecule has 0 unspecified atom stereocenters. The number of benzene rings is 1. The van der Waals surface area contributed by atoms with Crippen molar-refractivity contribution in [2.75, 3.05) is 11.9 Å². The summed E-state index contributed by atoms with van der Waals surface area (Å²) >= 11 is 0. The van der Waals surface area contributed by atoms with Crippen LogP contribution in [0.3, 0.4) is 0 Å². The van der Waals surface area contributed by atoms with Crippen molar-refractivity contribution in [2.45, 2.75) is 26.8 Å². The summed E-state index contributed by atoms with van der Waals surface area (Å²) < 4.78 is 0. The topological polar surface area (TPSA) is 86.7 Å². The van der Waals surface area contributed by atoms with Gasteiger partial charge in [-0.3, -0.25) is 9.59 Å². The largest absolute Gasteiger partial charge is 0.480 e. The van der Waals surface area contributed by atoms with Crippen molar-refractivity contribution in [3.63, 3.8) is 0 Å². The molecule has 2 N–H and O–H groups in total. The number of amides is 2. The Balaban J connectivity index is 3.08. The van der Waals surface area contributed by atoms with Gasteiger partial charge < -0.3 is 15.3 Å². The summed E-state index contributed by atoms with van der Waals surface area (Å²) in [4.78, 5) is 36.3. The van der Waals surface area contributed by atoms with Crippen LogP contribution in [0.15, 0.2) is 24.3 Å². The van der Waals surface area contributed by atoms with Crippen LogP contribution in [0.5, 0.6) is 0 Å². The van der Waals surface area contributed by atoms with Crippen LogP contribution < -0.4 is 10.2 Å². The molecule has 2 amide bonds. The first-order chi connectivity index (χ1) is 9.75. The molecule has 1 aromatic carbocycles. The van der Waals surface area contributed by atoms with Gasteiger partial charge in [0.05, 0.1) is 11.3 Å². The first kappa shape index (κ1) is 16.7. The first-order valence-electron chi connectivity index (χ1n) is 6.62. The highest BCUT2D eigenvalue weighted by Gasteiger charge is 2.25. The van der Waals surface area contributed by atoms with E-state index in [0.29, 0.717) is 5.69 Å². The number of rotatable bonds is 5. The van der Waals surface area contributed by atoms with E-state index in [1.807, 2.05) is 0 Å². The number of carboxylic acids is 1. The lowest BCUT2D eigenvalue weighted by Gasteiger charge is -2.21. The van der Waals surface area contributed by atoms with Crippen molar-refractivity contribution < 1.29 is 19.5 Å². The summed E-state index contributed by atoms with van der Waals surface area (Å²) in [5.41, 5.74) is 0.706. The van der Waals surface area contributed by atoms with E-state index in [0.717, 1.165) is 0 Å². The minimum absolute atomic E-state index is 0.214. The smallest absolute Gasteiger partial charge is 0.326 e. The number of anilines is 1. The van der Waals surface area contributed by atoms with Crippen molar-refractivity contribution in [2.24, 2.45) is 5.92 Å². The standard InChI is InChI=1S/C15H20N2O4/c1-9(2)13(15(20)21)16-14(19)11-7-5-6-8-12(11)17(4)10(3)18/h5-9,13H,1-4H3,(H,16,19)(H,20,21)/t13-/m0/s1. The predicted octanol–water partition coefficient (Wildman–Crippen LogP) is 1.51. The fraction of sp³-hybridized carbons (Fsp3) is 0.400. The van der Waals surface area contributed by atoms with Gasteiger partial charge in [0, 0.05) is 14.0 Å². The third-order valence-electron chi connectivity index (χ3n) is 3.20. The Morgan fingerprint density at radius 2 is 1.76 bits per heavy atom. The van der Waals surface area contributed by atoms with Gasteiger partial charge in [-0.15, -0.1) is 0 Å². The summed E-state index contributed by atoms with van der Waals surface area (Å²) in [5.74, 6) is -2.06. The van der Waals surface area contributed by atoms with Crippen LogP contribution in [0, 0.1) is 5.92 Å². The Morgan fingerprint density at radius 3 is 2.24 bits per heavy atom. The molecule has 0 aromatic heterocycles. The molecule has 1 rings (SSSR count). The molecule has 0 saturated carbocycles. The SMILES string of the molecule is CC(=O)N(C)c1ccccc1C(=O)N[C@H](C(=O)O)C(C)C. The molecule has 0 radical (unpaired) electrons. The zero-order valence-electron chi connectivity index (χ0n) is 12.6. The van der Waals surface area contributed by atoms with Crippen molar-refractivity contribution in [3.05, 3.63) is 29.8 Å². The van der Waals surface area contributed by atoms with E-state index in [9.17, 15) is 14.4 Å². The van der Waals surface area contributed by atoms with E-state index < -0.39 is 17.9 Å². The van der Waals surface area contributed by atoms with Gasteiger partial charge in [0.25, 0.3) is 5.91 Å². The summed E-state index contributed by atoms with van der Waals surface area (Å²) in [6.07, 6.45) is 0. The van der Waals surface area contributed by atoms with E-state index in [1.165, 1.54) is 11.8 Å². The second-order valence-electron chi connectivity index (χ2n) is 5.13. The monoisotopic (exact) mass is 292 g/mol. The molecule has 6 heteroatoms. The lowest BCUT2D eigenvalue weighted by Crippen LogP contribution is -2.44. The molecule has 114 valence electrons. The molecule has 0 aliphatic carbocycles. The van der Waals surface area contributed by atoms with E-state index >= 15 is 0 Å². The van der Waals surface area contributed by atoms with Gasteiger partial charge in [-0.05, 0) is 18.1 Å². The fourth-order valence-electron chi connectivity index (χ4n) is 1.86. The van der Waals surface area contributed by atoms with Crippen LogP contribution in [0.4, 0.5) is 5.69 Å². The maximum absolute atomic E-state index is 12.3. The summed E-state index contributed by atoms with van der Waals surface area (Å²) in [5, 5.41) is 11.6. The number of hydrogen-bond acceptors (Lipinski definition) is 3. The van der Waals surface area contributed by atoms with Crippen LogP contribution >= 0.6 is 0 Å². The van der Waals surface area contributed by atoms with Gasteiger partial charge >= 0.3 is 5.97 Å². The van der Waals surface area contributed by atoms with Crippen molar-refractivity contribution in [1.82, 2.24) is 5.32 Å². The van der Waals surface area contributed by atoms with Gasteiger partial charge in [0.1, 0.15) is 6.04 Å². The maximum Gasteiger partial charge on any atom is 0.326 e. The van der Waals surface area contributed by atoms with E-state index in [2.05, 4.69) is 5.32 Å². The second kappa shape index (κ2) is 6.88. The normalized spacial score (nSPS) is 11.9. The van der Waals surface area contributed by atoms with Crippen LogP contribution in [0.1, 0.15) is 31.1 Å². The molecule has 21 heavy (non-hydrogen) atoms. The minimum Gasteiger partial charge on any atom is -0.480 e. The quantitative estimate of drug-likeness (QED) is 0.861. The predicted molar refractivity (Wildman–Crippen MR) is 79.3 cm³/mol. The summed E-state index contributed by atoms with van der Waals surface area (Å²) in [6, 6.07) is 5.60. The number of carbonyl (C=O) groups excluding carboxylic acids is 2. The van der Waals surface area contributed by atoms with Crippen molar-refractivity contribution in [3.8, 4) is 0 Å². The fourth-order valence-corrected chi connectivity index (χ4v) is 1.86. The number of nitrogens with one attached hydrogen (secondary N) is 1. The number of para-hydroxylation sites is 1. The number of carboxylic acid groups (broad SMARTS) is 1. The summed E-state index contributed by atoms with van der Waals surface area (Å²) in [6.45, 7) is 4.82. The molecule has 1 aromatic rings. The molecule has 0 bridgehead atoms. The lowest BCUT2D eigenvalue weighted by molar-refractivity contribution is -0.140. The van der Waals surface area contributed by atoms with Crippen LogP contribution in [-0.2, 0) is 9.59 Å². The number of hydrogen-bond donors (Lipinski definition) is 2. The molecule has 0 heterocycles. The Hall–Kier alpha value is -2.37. The van der Waals surface area contributed by atoms with Crippen LogP contribution in [0.25, 0.3) is 0 Å². The molecule has 1 atom stereocenters. The lowest BCUT2D eigenvalue weighted by atomic mass is 10.0. The van der Waals surface area contributed by atoms with Gasteiger partial charge in [-0.25, -0.2) is 4.79 Å². The van der Waals surface area contributed by atoms with Gasteiger partial charge in [-0.1, -0.05) is 26.0 Å². The second-order valence-corrected chi connectivity index (χ2v) is 5.13. The van der Waals surface area contributed by atoms with Crippen molar-refractivity contribution >= 4 is 23.5 Å². The average molecular weight is 292 g/mol. The average Bonchev–Trinajstić information content (AvgIpc) is 2.42. The molecule has 0 aliphatic rings. The highest BCUT2D eigenvalue weighted by molar-refractivity contribution is 6.05. The molecule has 0 aliphatic heterocycles. The first-order valence-corrected chi connectivity index (χ1v) is 6.62. The van der Waals surface area contributed by atoms with E-state index in [1.54, 1.807) is 45.2 Å².